The van der Waals surface area contributed by atoms with E-state index in [1.54, 1.807) is 34.4 Å². The van der Waals surface area contributed by atoms with E-state index in [9.17, 15) is 0 Å². The molecule has 0 unspecified atom stereocenters. The van der Waals surface area contributed by atoms with E-state index in [4.69, 9.17) is 0 Å². The molecule has 3 aromatic rings. The van der Waals surface area contributed by atoms with Crippen molar-refractivity contribution in [3.05, 3.63) is 44.3 Å². The van der Waals surface area contributed by atoms with E-state index in [0.717, 1.165) is 33.9 Å². The summed E-state index contributed by atoms with van der Waals surface area (Å²) >= 11 is 5.24. The molecule has 0 aromatic carbocycles. The molecule has 0 bridgehead atoms. The van der Waals surface area contributed by atoms with Crippen molar-refractivity contribution >= 4 is 34.4 Å². The summed E-state index contributed by atoms with van der Waals surface area (Å²) in [6.45, 7) is 2.05. The van der Waals surface area contributed by atoms with Gasteiger partial charge in [-0.15, -0.1) is 32.9 Å². The first-order chi connectivity index (χ1) is 10.8. The Morgan fingerprint density at radius 1 is 1.32 bits per heavy atom. The van der Waals surface area contributed by atoms with Gasteiger partial charge in [-0.05, 0) is 31.2 Å². The zero-order valence-electron chi connectivity index (χ0n) is 12.2. The zero-order valence-corrected chi connectivity index (χ0v) is 14.7. The molecule has 0 amide bonds. The summed E-state index contributed by atoms with van der Waals surface area (Å²) in [4.78, 5) is 5.87. The van der Waals surface area contributed by atoms with Gasteiger partial charge in [0, 0.05) is 28.5 Å². The molecule has 0 radical (unpaired) electrons. The summed E-state index contributed by atoms with van der Waals surface area (Å²) in [6, 6.07) is 4.86. The van der Waals surface area contributed by atoms with E-state index in [-0.39, 0.29) is 0 Å². The fourth-order valence-corrected chi connectivity index (χ4v) is 4.74. The number of hydrogen-bond acceptors (Lipinski definition) is 6. The lowest BCUT2D eigenvalue weighted by Gasteiger charge is -2.07. The Labute approximate surface area is 141 Å². The van der Waals surface area contributed by atoms with E-state index in [1.165, 1.54) is 17.7 Å². The van der Waals surface area contributed by atoms with E-state index in [0.29, 0.717) is 6.04 Å². The van der Waals surface area contributed by atoms with Gasteiger partial charge in [-0.1, -0.05) is 17.8 Å². The highest BCUT2D eigenvalue weighted by atomic mass is 32.2. The molecule has 22 heavy (non-hydrogen) atoms. The Kier molecular flexibility index (Phi) is 4.02. The Hall–Kier alpha value is -1.18. The van der Waals surface area contributed by atoms with E-state index in [2.05, 4.69) is 42.6 Å². The Balaban J connectivity index is 1.53. The molecule has 4 rings (SSSR count). The maximum Gasteiger partial charge on any atom is 0.191 e. The summed E-state index contributed by atoms with van der Waals surface area (Å²) in [6.07, 6.45) is 3.38. The van der Waals surface area contributed by atoms with Crippen LogP contribution in [0.25, 0.3) is 0 Å². The minimum Gasteiger partial charge on any atom is -0.303 e. The summed E-state index contributed by atoms with van der Waals surface area (Å²) in [5.74, 6) is 1.97. The Morgan fingerprint density at radius 2 is 2.23 bits per heavy atom. The molecular formula is C15H16N4S3. The van der Waals surface area contributed by atoms with Crippen molar-refractivity contribution in [1.82, 2.24) is 19.7 Å². The standard InChI is InChI=1S/C15H16N4S3/c1-10-16-11(8-21-10)9-22-15-18-17-14(19(15)12-4-5-12)7-13-3-2-6-20-13/h2-3,6,8,12H,4-5,7,9H2,1H3. The fraction of sp³-hybridized carbons (Fsp3) is 0.400. The van der Waals surface area contributed by atoms with Gasteiger partial charge in [-0.2, -0.15) is 0 Å². The number of thiazole rings is 1. The van der Waals surface area contributed by atoms with Crippen molar-refractivity contribution in [2.24, 2.45) is 0 Å². The number of rotatable bonds is 6. The van der Waals surface area contributed by atoms with Crippen LogP contribution in [0.3, 0.4) is 0 Å². The molecule has 0 spiro atoms. The van der Waals surface area contributed by atoms with Gasteiger partial charge in [0.1, 0.15) is 5.82 Å². The molecule has 114 valence electrons. The molecule has 1 fully saturated rings. The van der Waals surface area contributed by atoms with Crippen molar-refractivity contribution in [1.29, 1.82) is 0 Å². The van der Waals surface area contributed by atoms with Crippen LogP contribution in [0.2, 0.25) is 0 Å². The maximum atomic E-state index is 4.53. The lowest BCUT2D eigenvalue weighted by molar-refractivity contribution is 0.635. The first-order valence-corrected chi connectivity index (χ1v) is 10.0. The maximum absolute atomic E-state index is 4.53. The van der Waals surface area contributed by atoms with Crippen molar-refractivity contribution in [2.45, 2.75) is 43.1 Å². The Morgan fingerprint density at radius 3 is 2.91 bits per heavy atom. The number of aromatic nitrogens is 4. The van der Waals surface area contributed by atoms with Crippen molar-refractivity contribution in [2.75, 3.05) is 0 Å². The van der Waals surface area contributed by atoms with Crippen LogP contribution in [0, 0.1) is 6.92 Å². The highest BCUT2D eigenvalue weighted by Gasteiger charge is 2.29. The monoisotopic (exact) mass is 348 g/mol. The molecule has 0 saturated heterocycles. The van der Waals surface area contributed by atoms with Gasteiger partial charge in [0.2, 0.25) is 0 Å². The molecule has 3 aromatic heterocycles. The number of thiophene rings is 1. The average Bonchev–Trinajstić information content (AvgIpc) is 2.90. The molecular weight excluding hydrogens is 332 g/mol. The first-order valence-electron chi connectivity index (χ1n) is 7.29. The van der Waals surface area contributed by atoms with E-state index in [1.807, 2.05) is 6.92 Å². The number of hydrogen-bond donors (Lipinski definition) is 0. The molecule has 0 N–H and O–H groups in total. The lowest BCUT2D eigenvalue weighted by Crippen LogP contribution is -2.03. The second-order valence-corrected chi connectivity index (χ2v) is 8.44. The van der Waals surface area contributed by atoms with Crippen molar-refractivity contribution in [3.8, 4) is 0 Å². The Bertz CT molecular complexity index is 756. The molecule has 4 nitrogen and oxygen atoms in total. The van der Waals surface area contributed by atoms with Gasteiger partial charge in [0.25, 0.3) is 0 Å². The van der Waals surface area contributed by atoms with Crippen LogP contribution in [-0.2, 0) is 12.2 Å². The van der Waals surface area contributed by atoms with E-state index >= 15 is 0 Å². The van der Waals surface area contributed by atoms with Crippen LogP contribution >= 0.6 is 34.4 Å². The third-order valence-electron chi connectivity index (χ3n) is 3.58. The van der Waals surface area contributed by atoms with Crippen molar-refractivity contribution < 1.29 is 0 Å². The number of aryl methyl sites for hydroxylation is 1. The van der Waals surface area contributed by atoms with Crippen LogP contribution in [0.1, 0.15) is 40.3 Å². The third-order valence-corrected chi connectivity index (χ3v) is 6.25. The molecule has 1 aliphatic carbocycles. The fourth-order valence-electron chi connectivity index (χ4n) is 2.41. The quantitative estimate of drug-likeness (QED) is 0.622. The van der Waals surface area contributed by atoms with Crippen molar-refractivity contribution in [3.63, 3.8) is 0 Å². The van der Waals surface area contributed by atoms with E-state index < -0.39 is 0 Å². The lowest BCUT2D eigenvalue weighted by atomic mass is 10.3. The summed E-state index contributed by atoms with van der Waals surface area (Å²) < 4.78 is 2.35. The SMILES string of the molecule is Cc1nc(CSc2nnc(Cc3cccs3)n2C2CC2)cs1. The number of thioether (sulfide) groups is 1. The third kappa shape index (κ3) is 3.11. The summed E-state index contributed by atoms with van der Waals surface area (Å²) in [5.41, 5.74) is 1.14. The molecule has 1 aliphatic rings. The largest absolute Gasteiger partial charge is 0.303 e. The molecule has 3 heterocycles. The van der Waals surface area contributed by atoms with Gasteiger partial charge < -0.3 is 4.57 Å². The highest BCUT2D eigenvalue weighted by molar-refractivity contribution is 7.98. The minimum absolute atomic E-state index is 0.602. The van der Waals surface area contributed by atoms with Crippen LogP contribution in [0.4, 0.5) is 0 Å². The van der Waals surface area contributed by atoms with Gasteiger partial charge in [0.15, 0.2) is 5.16 Å². The smallest absolute Gasteiger partial charge is 0.191 e. The first kappa shape index (κ1) is 14.4. The van der Waals surface area contributed by atoms with Gasteiger partial charge in [0.05, 0.1) is 10.7 Å². The number of nitrogens with zero attached hydrogens (tertiary/aromatic N) is 4. The second kappa shape index (κ2) is 6.14. The predicted molar refractivity (Wildman–Crippen MR) is 91.8 cm³/mol. The minimum atomic E-state index is 0.602. The van der Waals surface area contributed by atoms with Gasteiger partial charge in [-0.25, -0.2) is 4.98 Å². The van der Waals surface area contributed by atoms with Crippen LogP contribution in [-0.4, -0.2) is 19.7 Å². The van der Waals surface area contributed by atoms with Crippen LogP contribution in [0.15, 0.2) is 28.0 Å². The van der Waals surface area contributed by atoms with Gasteiger partial charge >= 0.3 is 0 Å². The predicted octanol–water partition coefficient (Wildman–Crippen LogP) is 4.32. The molecule has 0 atom stereocenters. The summed E-state index contributed by atoms with van der Waals surface area (Å²) in [5, 5.41) is 15.3. The molecule has 7 heteroatoms. The molecule has 0 aliphatic heterocycles. The normalized spacial score (nSPS) is 14.6. The van der Waals surface area contributed by atoms with Crippen LogP contribution in [0.5, 0.6) is 0 Å². The van der Waals surface area contributed by atoms with Crippen LogP contribution < -0.4 is 0 Å². The second-order valence-electron chi connectivity index (χ2n) is 5.40. The summed E-state index contributed by atoms with van der Waals surface area (Å²) in [7, 11) is 0. The average molecular weight is 349 g/mol. The molecule has 1 saturated carbocycles. The topological polar surface area (TPSA) is 43.6 Å². The zero-order chi connectivity index (χ0) is 14.9. The highest BCUT2D eigenvalue weighted by Crippen LogP contribution is 2.39. The van der Waals surface area contributed by atoms with Gasteiger partial charge in [-0.3, -0.25) is 0 Å².